The van der Waals surface area contributed by atoms with Gasteiger partial charge in [-0.2, -0.15) is 11.8 Å². The van der Waals surface area contributed by atoms with Crippen LogP contribution in [0.1, 0.15) is 19.5 Å². The topological polar surface area (TPSA) is 29.0 Å². The van der Waals surface area contributed by atoms with Crippen molar-refractivity contribution >= 4 is 29.2 Å². The maximum atomic E-state index is 5.89. The monoisotopic (exact) mass is 257 g/mol. The first-order valence-electron chi connectivity index (χ1n) is 5.46. The summed E-state index contributed by atoms with van der Waals surface area (Å²) in [7, 11) is 0. The second-order valence-electron chi connectivity index (χ2n) is 4.30. The standard InChI is InChI=1S/C11H16ClN3S/c1-7-4-10(14-11(12)13-7)15-5-8(2)16-9(3)6-15/h4,8-9H,5-6H2,1-3H3. The third-order valence-corrected chi connectivity index (χ3v) is 3.95. The van der Waals surface area contributed by atoms with Gasteiger partial charge in [0.05, 0.1) is 0 Å². The fourth-order valence-electron chi connectivity index (χ4n) is 2.04. The maximum Gasteiger partial charge on any atom is 0.224 e. The van der Waals surface area contributed by atoms with Gasteiger partial charge >= 0.3 is 0 Å². The molecule has 0 aliphatic carbocycles. The molecule has 5 heteroatoms. The van der Waals surface area contributed by atoms with Crippen molar-refractivity contribution in [3.05, 3.63) is 17.0 Å². The Morgan fingerprint density at radius 2 is 1.94 bits per heavy atom. The highest BCUT2D eigenvalue weighted by Gasteiger charge is 2.23. The van der Waals surface area contributed by atoms with Gasteiger partial charge in [-0.3, -0.25) is 0 Å². The van der Waals surface area contributed by atoms with Gasteiger partial charge in [0.1, 0.15) is 5.82 Å². The third-order valence-electron chi connectivity index (χ3n) is 2.56. The lowest BCUT2D eigenvalue weighted by molar-refractivity contribution is 0.716. The number of nitrogens with zero attached hydrogens (tertiary/aromatic N) is 3. The van der Waals surface area contributed by atoms with E-state index < -0.39 is 0 Å². The van der Waals surface area contributed by atoms with Gasteiger partial charge in [-0.1, -0.05) is 13.8 Å². The minimum atomic E-state index is 0.341. The van der Waals surface area contributed by atoms with Crippen LogP contribution in [0.5, 0.6) is 0 Å². The van der Waals surface area contributed by atoms with Gasteiger partial charge in [-0.25, -0.2) is 9.97 Å². The molecule has 0 saturated carbocycles. The Bertz CT molecular complexity index is 355. The van der Waals surface area contributed by atoms with Crippen LogP contribution < -0.4 is 4.90 Å². The third kappa shape index (κ3) is 2.80. The van der Waals surface area contributed by atoms with Crippen LogP contribution in [0.3, 0.4) is 0 Å². The minimum Gasteiger partial charge on any atom is -0.354 e. The summed E-state index contributed by atoms with van der Waals surface area (Å²) in [4.78, 5) is 10.7. The highest BCUT2D eigenvalue weighted by atomic mass is 35.5. The second kappa shape index (κ2) is 4.80. The average Bonchev–Trinajstić information content (AvgIpc) is 2.14. The van der Waals surface area contributed by atoms with Crippen molar-refractivity contribution in [1.29, 1.82) is 0 Å². The Kier molecular flexibility index (Phi) is 3.60. The van der Waals surface area contributed by atoms with Gasteiger partial charge in [-0.15, -0.1) is 0 Å². The molecular formula is C11H16ClN3S. The number of aryl methyl sites for hydroxylation is 1. The Labute approximate surface area is 106 Å². The molecule has 16 heavy (non-hydrogen) atoms. The largest absolute Gasteiger partial charge is 0.354 e. The molecule has 1 saturated heterocycles. The lowest BCUT2D eigenvalue weighted by Gasteiger charge is -2.35. The lowest BCUT2D eigenvalue weighted by Crippen LogP contribution is -2.40. The molecule has 0 spiro atoms. The zero-order valence-corrected chi connectivity index (χ0v) is 11.3. The van der Waals surface area contributed by atoms with Crippen molar-refractivity contribution in [2.45, 2.75) is 31.3 Å². The first-order valence-corrected chi connectivity index (χ1v) is 6.78. The highest BCUT2D eigenvalue weighted by molar-refractivity contribution is 8.00. The molecule has 1 aliphatic rings. The van der Waals surface area contributed by atoms with Crippen molar-refractivity contribution in [1.82, 2.24) is 9.97 Å². The molecular weight excluding hydrogens is 242 g/mol. The molecule has 0 aromatic carbocycles. The van der Waals surface area contributed by atoms with Crippen molar-refractivity contribution < 1.29 is 0 Å². The number of halogens is 1. The van der Waals surface area contributed by atoms with E-state index in [1.807, 2.05) is 24.8 Å². The molecule has 0 bridgehead atoms. The molecule has 1 fully saturated rings. The molecule has 2 atom stereocenters. The molecule has 0 radical (unpaired) electrons. The Balaban J connectivity index is 2.22. The van der Waals surface area contributed by atoms with E-state index in [9.17, 15) is 0 Å². The summed E-state index contributed by atoms with van der Waals surface area (Å²) in [5, 5.41) is 1.61. The number of thioether (sulfide) groups is 1. The molecule has 2 heterocycles. The van der Waals surface area contributed by atoms with Crippen molar-refractivity contribution in [2.75, 3.05) is 18.0 Å². The Morgan fingerprint density at radius 3 is 2.50 bits per heavy atom. The van der Waals surface area contributed by atoms with Crippen LogP contribution in [-0.4, -0.2) is 33.6 Å². The van der Waals surface area contributed by atoms with Gasteiger partial charge in [0.25, 0.3) is 0 Å². The SMILES string of the molecule is Cc1cc(N2CC(C)SC(C)C2)nc(Cl)n1. The van der Waals surface area contributed by atoms with Crippen LogP contribution in [-0.2, 0) is 0 Å². The Morgan fingerprint density at radius 1 is 1.31 bits per heavy atom. The van der Waals surface area contributed by atoms with Crippen LogP contribution in [0, 0.1) is 6.92 Å². The molecule has 1 aliphatic heterocycles. The number of hydrogen-bond donors (Lipinski definition) is 0. The molecule has 1 aromatic heterocycles. The molecule has 0 amide bonds. The summed E-state index contributed by atoms with van der Waals surface area (Å²) < 4.78 is 0. The van der Waals surface area contributed by atoms with Gasteiger partial charge in [0, 0.05) is 35.3 Å². The smallest absolute Gasteiger partial charge is 0.224 e. The number of hydrogen-bond acceptors (Lipinski definition) is 4. The lowest BCUT2D eigenvalue weighted by atomic mass is 10.3. The quantitative estimate of drug-likeness (QED) is 0.724. The van der Waals surface area contributed by atoms with E-state index in [1.54, 1.807) is 0 Å². The summed E-state index contributed by atoms with van der Waals surface area (Å²) in [6, 6.07) is 2.00. The summed E-state index contributed by atoms with van der Waals surface area (Å²) >= 11 is 7.92. The highest BCUT2D eigenvalue weighted by Crippen LogP contribution is 2.28. The van der Waals surface area contributed by atoms with Crippen LogP contribution in [0.15, 0.2) is 6.07 Å². The van der Waals surface area contributed by atoms with E-state index in [4.69, 9.17) is 11.6 Å². The van der Waals surface area contributed by atoms with E-state index in [-0.39, 0.29) is 0 Å². The van der Waals surface area contributed by atoms with E-state index in [2.05, 4.69) is 28.7 Å². The van der Waals surface area contributed by atoms with Gasteiger partial charge < -0.3 is 4.90 Å². The normalized spacial score (nSPS) is 25.9. The molecule has 88 valence electrons. The zero-order valence-electron chi connectivity index (χ0n) is 9.77. The van der Waals surface area contributed by atoms with E-state index >= 15 is 0 Å². The van der Waals surface area contributed by atoms with Crippen molar-refractivity contribution in [3.8, 4) is 0 Å². The molecule has 2 unspecified atom stereocenters. The minimum absolute atomic E-state index is 0.341. The first-order chi connectivity index (χ1) is 7.54. The number of anilines is 1. The summed E-state index contributed by atoms with van der Waals surface area (Å²) in [5.74, 6) is 0.955. The second-order valence-corrected chi connectivity index (χ2v) is 6.52. The van der Waals surface area contributed by atoms with E-state index in [0.717, 1.165) is 24.6 Å². The molecule has 0 N–H and O–H groups in total. The Hall–Kier alpha value is -0.480. The molecule has 1 aromatic rings. The molecule has 3 nitrogen and oxygen atoms in total. The number of rotatable bonds is 1. The van der Waals surface area contributed by atoms with Gasteiger partial charge in [0.2, 0.25) is 5.28 Å². The molecule has 2 rings (SSSR count). The average molecular weight is 258 g/mol. The predicted molar refractivity (Wildman–Crippen MR) is 70.5 cm³/mol. The van der Waals surface area contributed by atoms with Crippen molar-refractivity contribution in [3.63, 3.8) is 0 Å². The predicted octanol–water partition coefficient (Wildman–Crippen LogP) is 2.77. The van der Waals surface area contributed by atoms with Gasteiger partial charge in [0.15, 0.2) is 0 Å². The first kappa shape index (κ1) is 12.0. The van der Waals surface area contributed by atoms with E-state index in [1.165, 1.54) is 0 Å². The fourth-order valence-corrected chi connectivity index (χ4v) is 3.59. The zero-order chi connectivity index (χ0) is 11.7. The van der Waals surface area contributed by atoms with Crippen LogP contribution in [0.25, 0.3) is 0 Å². The summed E-state index contributed by atoms with van der Waals surface area (Å²) in [6.45, 7) is 8.51. The summed E-state index contributed by atoms with van der Waals surface area (Å²) in [5.41, 5.74) is 0.925. The van der Waals surface area contributed by atoms with Crippen LogP contribution >= 0.6 is 23.4 Å². The number of aromatic nitrogens is 2. The van der Waals surface area contributed by atoms with Crippen molar-refractivity contribution in [2.24, 2.45) is 0 Å². The summed E-state index contributed by atoms with van der Waals surface area (Å²) in [6.07, 6.45) is 0. The van der Waals surface area contributed by atoms with Crippen LogP contribution in [0.2, 0.25) is 5.28 Å². The van der Waals surface area contributed by atoms with Gasteiger partial charge in [-0.05, 0) is 18.5 Å². The maximum absolute atomic E-state index is 5.89. The fraction of sp³-hybridized carbons (Fsp3) is 0.636. The van der Waals surface area contributed by atoms with E-state index in [0.29, 0.717) is 15.8 Å². The van der Waals surface area contributed by atoms with Crippen LogP contribution in [0.4, 0.5) is 5.82 Å².